The number of aromatic nitrogens is 2. The molecule has 3 aliphatic rings. The number of aryl methyl sites for hydroxylation is 1. The lowest BCUT2D eigenvalue weighted by Crippen LogP contribution is -2.44. The van der Waals surface area contributed by atoms with Gasteiger partial charge in [-0.2, -0.15) is 0 Å². The zero-order valence-electron chi connectivity index (χ0n) is 16.5. The number of pyridine rings is 2. The minimum Gasteiger partial charge on any atom is -0.504 e. The minimum absolute atomic E-state index is 0.0655. The van der Waals surface area contributed by atoms with Crippen LogP contribution in [0.3, 0.4) is 0 Å². The number of fused-ring (bicyclic) bond motifs is 5. The molecule has 5 heterocycles. The number of rotatable bonds is 1. The quantitative estimate of drug-likeness (QED) is 0.439. The summed E-state index contributed by atoms with van der Waals surface area (Å²) in [5.74, 6) is -1.20. The average Bonchev–Trinajstić information content (AvgIpc) is 3.14. The SMILES string of the molecule is CC[C@@]1(O)C(=O)OCc2c1cc1n(c2=O)Cc2c-1nc1cc(F)c(O)c3c1c2CCS3. The van der Waals surface area contributed by atoms with Crippen molar-refractivity contribution in [1.29, 1.82) is 0 Å². The first-order valence-electron chi connectivity index (χ1n) is 10.0. The molecule has 0 bridgehead atoms. The fourth-order valence-corrected chi connectivity index (χ4v) is 6.05. The van der Waals surface area contributed by atoms with Gasteiger partial charge in [-0.05, 0) is 24.5 Å². The van der Waals surface area contributed by atoms with Crippen molar-refractivity contribution in [2.45, 2.75) is 43.4 Å². The number of carbonyl (C=O) groups is 1. The molecule has 6 rings (SSSR count). The van der Waals surface area contributed by atoms with Gasteiger partial charge in [0.05, 0.1) is 33.9 Å². The monoisotopic (exact) mass is 440 g/mol. The maximum atomic E-state index is 14.3. The summed E-state index contributed by atoms with van der Waals surface area (Å²) >= 11 is 1.39. The van der Waals surface area contributed by atoms with E-state index in [1.807, 2.05) is 0 Å². The van der Waals surface area contributed by atoms with Crippen molar-refractivity contribution in [3.8, 4) is 17.1 Å². The van der Waals surface area contributed by atoms with Gasteiger partial charge < -0.3 is 19.5 Å². The van der Waals surface area contributed by atoms with Gasteiger partial charge in [0, 0.05) is 28.3 Å². The van der Waals surface area contributed by atoms with Crippen LogP contribution in [0, 0.1) is 5.82 Å². The molecule has 3 aliphatic heterocycles. The van der Waals surface area contributed by atoms with Crippen molar-refractivity contribution in [2.75, 3.05) is 5.75 Å². The van der Waals surface area contributed by atoms with E-state index in [4.69, 9.17) is 4.74 Å². The number of benzene rings is 1. The summed E-state index contributed by atoms with van der Waals surface area (Å²) in [5, 5.41) is 21.9. The Morgan fingerprint density at radius 3 is 2.87 bits per heavy atom. The van der Waals surface area contributed by atoms with E-state index in [1.54, 1.807) is 17.6 Å². The number of phenols is 1. The van der Waals surface area contributed by atoms with Gasteiger partial charge in [-0.1, -0.05) is 6.92 Å². The highest BCUT2D eigenvalue weighted by Crippen LogP contribution is 2.47. The van der Waals surface area contributed by atoms with E-state index in [9.17, 15) is 24.2 Å². The van der Waals surface area contributed by atoms with Gasteiger partial charge in [0.25, 0.3) is 5.56 Å². The second kappa shape index (κ2) is 6.08. The highest BCUT2D eigenvalue weighted by Gasteiger charge is 2.45. The molecular weight excluding hydrogens is 423 g/mol. The van der Waals surface area contributed by atoms with Crippen LogP contribution < -0.4 is 5.56 Å². The molecule has 31 heavy (non-hydrogen) atoms. The molecule has 1 aromatic carbocycles. The van der Waals surface area contributed by atoms with Gasteiger partial charge in [-0.15, -0.1) is 11.8 Å². The summed E-state index contributed by atoms with van der Waals surface area (Å²) in [4.78, 5) is 30.7. The van der Waals surface area contributed by atoms with Gasteiger partial charge >= 0.3 is 5.97 Å². The van der Waals surface area contributed by atoms with Gasteiger partial charge in [-0.3, -0.25) is 4.79 Å². The number of phenolic OH excluding ortho intramolecular Hbond substituents is 1. The highest BCUT2D eigenvalue weighted by molar-refractivity contribution is 7.99. The number of ether oxygens (including phenoxy) is 1. The molecule has 0 unspecified atom stereocenters. The molecule has 3 aromatic rings. The van der Waals surface area contributed by atoms with Crippen LogP contribution in [0.1, 0.15) is 35.6 Å². The molecule has 2 aromatic heterocycles. The molecule has 0 fully saturated rings. The number of cyclic esters (lactones) is 1. The Morgan fingerprint density at radius 1 is 1.29 bits per heavy atom. The highest BCUT2D eigenvalue weighted by atomic mass is 32.2. The predicted octanol–water partition coefficient (Wildman–Crippen LogP) is 2.57. The zero-order chi connectivity index (χ0) is 21.7. The molecule has 0 amide bonds. The second-order valence-electron chi connectivity index (χ2n) is 8.05. The zero-order valence-corrected chi connectivity index (χ0v) is 17.3. The molecule has 0 saturated heterocycles. The lowest BCUT2D eigenvalue weighted by molar-refractivity contribution is -0.172. The van der Waals surface area contributed by atoms with Gasteiger partial charge in [0.1, 0.15) is 6.61 Å². The smallest absolute Gasteiger partial charge is 0.343 e. The summed E-state index contributed by atoms with van der Waals surface area (Å²) in [6.07, 6.45) is 0.767. The van der Waals surface area contributed by atoms with Crippen LogP contribution in [0.5, 0.6) is 5.75 Å². The Morgan fingerprint density at radius 2 is 2.10 bits per heavy atom. The van der Waals surface area contributed by atoms with Crippen LogP contribution in [0.4, 0.5) is 4.39 Å². The number of thioether (sulfide) groups is 1. The van der Waals surface area contributed by atoms with Crippen LogP contribution in [0.2, 0.25) is 0 Å². The maximum absolute atomic E-state index is 14.3. The molecule has 7 nitrogen and oxygen atoms in total. The molecule has 1 atom stereocenters. The fraction of sp³-hybridized carbons (Fsp3) is 0.318. The molecule has 2 N–H and O–H groups in total. The molecule has 0 radical (unpaired) electrons. The van der Waals surface area contributed by atoms with Crippen LogP contribution in [0.15, 0.2) is 21.8 Å². The fourth-order valence-electron chi connectivity index (χ4n) is 4.93. The first kappa shape index (κ1) is 18.8. The number of hydrogen-bond acceptors (Lipinski definition) is 7. The Kier molecular flexibility index (Phi) is 3.69. The number of esters is 1. The number of aliphatic hydroxyl groups is 1. The number of hydrogen-bond donors (Lipinski definition) is 2. The van der Waals surface area contributed by atoms with E-state index in [2.05, 4.69) is 4.98 Å². The summed E-state index contributed by atoms with van der Waals surface area (Å²) < 4.78 is 21.0. The Balaban J connectivity index is 1.68. The third-order valence-electron chi connectivity index (χ3n) is 6.57. The standard InChI is InChI=1S/C22H17FN2O5S/c1-2-22(29)12-5-15-17-10(7-25(15)20(27)11(12)8-30-21(22)28)9-3-4-31-19-16(9)14(24-17)6-13(23)18(19)26/h5-6,26,29H,2-4,7-8H2,1H3/t22-/m0/s1. The van der Waals surface area contributed by atoms with E-state index >= 15 is 0 Å². The van der Waals surface area contributed by atoms with Crippen LogP contribution in [-0.2, 0) is 34.7 Å². The lowest BCUT2D eigenvalue weighted by Gasteiger charge is -2.31. The third kappa shape index (κ3) is 2.25. The predicted molar refractivity (Wildman–Crippen MR) is 111 cm³/mol. The van der Waals surface area contributed by atoms with Crippen molar-refractivity contribution >= 4 is 28.6 Å². The average molecular weight is 440 g/mol. The molecule has 0 aliphatic carbocycles. The second-order valence-corrected chi connectivity index (χ2v) is 9.15. The van der Waals surface area contributed by atoms with Gasteiger partial charge in [-0.25, -0.2) is 14.2 Å². The van der Waals surface area contributed by atoms with Gasteiger partial charge in [0.15, 0.2) is 17.2 Å². The number of aromatic hydroxyl groups is 1. The Bertz CT molecular complexity index is 1420. The third-order valence-corrected chi connectivity index (χ3v) is 7.67. The summed E-state index contributed by atoms with van der Waals surface area (Å²) in [5.41, 5.74) is 1.54. The van der Waals surface area contributed by atoms with Crippen molar-refractivity contribution in [3.63, 3.8) is 0 Å². The van der Waals surface area contributed by atoms with Crippen molar-refractivity contribution < 1.29 is 24.1 Å². The normalized spacial score (nSPS) is 20.9. The molecule has 0 spiro atoms. The van der Waals surface area contributed by atoms with Crippen molar-refractivity contribution in [2.24, 2.45) is 0 Å². The molecule has 0 saturated carbocycles. The van der Waals surface area contributed by atoms with E-state index < -0.39 is 17.4 Å². The van der Waals surface area contributed by atoms with Crippen LogP contribution >= 0.6 is 11.8 Å². The maximum Gasteiger partial charge on any atom is 0.343 e. The first-order chi connectivity index (χ1) is 14.8. The minimum atomic E-state index is -1.89. The largest absolute Gasteiger partial charge is 0.504 e. The molecular formula is C22H17FN2O5S. The lowest BCUT2D eigenvalue weighted by atomic mass is 9.86. The molecule has 158 valence electrons. The Labute approximate surface area is 179 Å². The van der Waals surface area contributed by atoms with Crippen molar-refractivity contribution in [3.05, 3.63) is 50.6 Å². The first-order valence-corrected chi connectivity index (χ1v) is 11.0. The van der Waals surface area contributed by atoms with E-state index in [1.165, 1.54) is 17.8 Å². The van der Waals surface area contributed by atoms with Gasteiger partial charge in [0.2, 0.25) is 0 Å². The molecule has 9 heteroatoms. The number of carbonyl (C=O) groups excluding carboxylic acids is 1. The van der Waals surface area contributed by atoms with Crippen molar-refractivity contribution in [1.82, 2.24) is 9.55 Å². The Hall–Kier alpha value is -2.91. The number of halogens is 1. The van der Waals surface area contributed by atoms with Crippen LogP contribution in [-0.4, -0.2) is 31.5 Å². The van der Waals surface area contributed by atoms with E-state index in [0.717, 1.165) is 16.5 Å². The summed E-state index contributed by atoms with van der Waals surface area (Å²) in [7, 11) is 0. The number of nitrogens with zero attached hydrogens (tertiary/aromatic N) is 2. The summed E-state index contributed by atoms with van der Waals surface area (Å²) in [6.45, 7) is 1.75. The van der Waals surface area contributed by atoms with Crippen LogP contribution in [0.25, 0.3) is 22.3 Å². The topological polar surface area (TPSA) is 102 Å². The summed E-state index contributed by atoms with van der Waals surface area (Å²) in [6, 6.07) is 2.86. The van der Waals surface area contributed by atoms with E-state index in [-0.39, 0.29) is 42.0 Å². The van der Waals surface area contributed by atoms with E-state index in [0.29, 0.717) is 34.0 Å².